The molecule has 0 unspecified atom stereocenters. The van der Waals surface area contributed by atoms with Crippen LogP contribution in [0, 0.1) is 13.8 Å². The van der Waals surface area contributed by atoms with E-state index in [9.17, 15) is 4.79 Å². The van der Waals surface area contributed by atoms with Crippen molar-refractivity contribution in [2.24, 2.45) is 0 Å². The van der Waals surface area contributed by atoms with Crippen LogP contribution in [-0.2, 0) is 0 Å². The van der Waals surface area contributed by atoms with Crippen LogP contribution in [-0.4, -0.2) is 15.9 Å². The highest BCUT2D eigenvalue weighted by molar-refractivity contribution is 7.14. The minimum Gasteiger partial charge on any atom is -0.318 e. The van der Waals surface area contributed by atoms with E-state index in [1.807, 2.05) is 36.7 Å². The second kappa shape index (κ2) is 6.16. The van der Waals surface area contributed by atoms with E-state index in [-0.39, 0.29) is 5.91 Å². The predicted molar refractivity (Wildman–Crippen MR) is 92.1 cm³/mol. The number of thiophene rings is 1. The summed E-state index contributed by atoms with van der Waals surface area (Å²) in [7, 11) is 0. The maximum absolute atomic E-state index is 12.3. The maximum atomic E-state index is 12.3. The Labute approximate surface area is 140 Å². The zero-order chi connectivity index (χ0) is 15.7. The first-order valence-corrected chi connectivity index (χ1v) is 8.68. The summed E-state index contributed by atoms with van der Waals surface area (Å²) in [4.78, 5) is 20.9. The molecule has 0 aliphatic rings. The molecular weight excluding hydrogens is 338 g/mol. The van der Waals surface area contributed by atoms with Gasteiger partial charge in [-0.1, -0.05) is 11.6 Å². The van der Waals surface area contributed by atoms with Crippen LogP contribution in [0.25, 0.3) is 10.6 Å². The molecule has 0 spiro atoms. The number of nitrogens with zero attached hydrogens (tertiary/aromatic N) is 2. The quantitative estimate of drug-likeness (QED) is 0.692. The van der Waals surface area contributed by atoms with Gasteiger partial charge in [-0.2, -0.15) is 11.3 Å². The molecule has 0 saturated heterocycles. The molecule has 3 aromatic rings. The number of aromatic nitrogens is 2. The molecule has 0 aliphatic heterocycles. The highest BCUT2D eigenvalue weighted by Gasteiger charge is 2.15. The molecule has 112 valence electrons. The van der Waals surface area contributed by atoms with Gasteiger partial charge in [-0.25, -0.2) is 9.97 Å². The Hall–Kier alpha value is -1.76. The van der Waals surface area contributed by atoms with Gasteiger partial charge in [0, 0.05) is 22.0 Å². The van der Waals surface area contributed by atoms with Gasteiger partial charge in [0.1, 0.15) is 10.7 Å². The predicted octanol–water partition coefficient (Wildman–Crippen LogP) is 4.79. The SMILES string of the molecule is Cc1cc(C)c(NC(=O)c2csc(-c3ccsc3)n2)c(Cl)n1. The number of rotatable bonds is 3. The van der Waals surface area contributed by atoms with Crippen molar-refractivity contribution in [2.45, 2.75) is 13.8 Å². The van der Waals surface area contributed by atoms with E-state index in [0.717, 1.165) is 21.8 Å². The summed E-state index contributed by atoms with van der Waals surface area (Å²) in [5, 5.41) is 9.65. The van der Waals surface area contributed by atoms with Crippen molar-refractivity contribution in [3.05, 3.63) is 50.4 Å². The Morgan fingerprint density at radius 1 is 1.27 bits per heavy atom. The van der Waals surface area contributed by atoms with E-state index in [1.54, 1.807) is 16.7 Å². The van der Waals surface area contributed by atoms with Gasteiger partial charge in [0.2, 0.25) is 0 Å². The van der Waals surface area contributed by atoms with Crippen LogP contribution < -0.4 is 5.32 Å². The van der Waals surface area contributed by atoms with Crippen molar-refractivity contribution in [1.29, 1.82) is 0 Å². The lowest BCUT2D eigenvalue weighted by Gasteiger charge is -2.09. The standard InChI is InChI=1S/C15H12ClN3OS2/c1-8-5-9(2)17-13(16)12(8)19-14(20)11-7-22-15(18-11)10-3-4-21-6-10/h3-7H,1-2H3,(H,19,20). The number of aryl methyl sites for hydroxylation is 2. The summed E-state index contributed by atoms with van der Waals surface area (Å²) in [5.74, 6) is -0.284. The fourth-order valence-corrected chi connectivity index (χ4v) is 3.86. The molecule has 22 heavy (non-hydrogen) atoms. The third-order valence-electron chi connectivity index (χ3n) is 3.04. The van der Waals surface area contributed by atoms with Gasteiger partial charge < -0.3 is 5.32 Å². The van der Waals surface area contributed by atoms with Crippen molar-refractivity contribution in [3.63, 3.8) is 0 Å². The number of anilines is 1. The average molecular weight is 350 g/mol. The van der Waals surface area contributed by atoms with Gasteiger partial charge in [0.05, 0.1) is 5.69 Å². The zero-order valence-electron chi connectivity index (χ0n) is 11.9. The summed E-state index contributed by atoms with van der Waals surface area (Å²) in [6.45, 7) is 3.74. The van der Waals surface area contributed by atoms with E-state index >= 15 is 0 Å². The normalized spacial score (nSPS) is 10.7. The topological polar surface area (TPSA) is 54.9 Å². The van der Waals surface area contributed by atoms with Gasteiger partial charge >= 0.3 is 0 Å². The van der Waals surface area contributed by atoms with Crippen molar-refractivity contribution >= 4 is 45.9 Å². The van der Waals surface area contributed by atoms with Crippen LogP contribution >= 0.6 is 34.3 Å². The zero-order valence-corrected chi connectivity index (χ0v) is 14.3. The molecule has 0 bridgehead atoms. The molecule has 3 rings (SSSR count). The lowest BCUT2D eigenvalue weighted by Crippen LogP contribution is -2.14. The number of nitrogens with one attached hydrogen (secondary N) is 1. The minimum absolute atomic E-state index is 0.284. The molecular formula is C15H12ClN3OS2. The van der Waals surface area contributed by atoms with E-state index in [2.05, 4.69) is 15.3 Å². The van der Waals surface area contributed by atoms with Gasteiger partial charge in [0.15, 0.2) is 5.15 Å². The van der Waals surface area contributed by atoms with Crippen LogP contribution in [0.2, 0.25) is 5.15 Å². The highest BCUT2D eigenvalue weighted by atomic mass is 35.5. The Balaban J connectivity index is 1.84. The summed E-state index contributed by atoms with van der Waals surface area (Å²) < 4.78 is 0. The van der Waals surface area contributed by atoms with Crippen LogP contribution in [0.1, 0.15) is 21.7 Å². The van der Waals surface area contributed by atoms with Crippen molar-refractivity contribution < 1.29 is 4.79 Å². The number of hydrogen-bond acceptors (Lipinski definition) is 5. The molecule has 0 aliphatic carbocycles. The van der Waals surface area contributed by atoms with Gasteiger partial charge in [-0.15, -0.1) is 11.3 Å². The van der Waals surface area contributed by atoms with Crippen molar-refractivity contribution in [3.8, 4) is 10.6 Å². The largest absolute Gasteiger partial charge is 0.318 e. The monoisotopic (exact) mass is 349 g/mol. The summed E-state index contributed by atoms with van der Waals surface area (Å²) in [6, 6.07) is 3.86. The first kappa shape index (κ1) is 15.1. The van der Waals surface area contributed by atoms with Crippen molar-refractivity contribution in [1.82, 2.24) is 9.97 Å². The number of hydrogen-bond donors (Lipinski definition) is 1. The maximum Gasteiger partial charge on any atom is 0.275 e. The second-order valence-electron chi connectivity index (χ2n) is 4.75. The Bertz CT molecular complexity index is 804. The van der Waals surface area contributed by atoms with Crippen LogP contribution in [0.3, 0.4) is 0 Å². The molecule has 0 saturated carbocycles. The number of carbonyl (C=O) groups is 1. The molecule has 0 aromatic carbocycles. The molecule has 4 nitrogen and oxygen atoms in total. The highest BCUT2D eigenvalue weighted by Crippen LogP contribution is 2.28. The van der Waals surface area contributed by atoms with Crippen LogP contribution in [0.5, 0.6) is 0 Å². The second-order valence-corrected chi connectivity index (χ2v) is 6.75. The smallest absolute Gasteiger partial charge is 0.275 e. The molecule has 3 heterocycles. The molecule has 0 atom stereocenters. The Morgan fingerprint density at radius 3 is 2.77 bits per heavy atom. The Kier molecular flexibility index (Phi) is 4.24. The third-order valence-corrected chi connectivity index (χ3v) is 4.89. The summed E-state index contributed by atoms with van der Waals surface area (Å²) >= 11 is 9.15. The summed E-state index contributed by atoms with van der Waals surface area (Å²) in [6.07, 6.45) is 0. The number of carbonyl (C=O) groups excluding carboxylic acids is 1. The van der Waals surface area contributed by atoms with E-state index < -0.39 is 0 Å². The molecule has 0 fully saturated rings. The van der Waals surface area contributed by atoms with Gasteiger partial charge in [-0.3, -0.25) is 4.79 Å². The fraction of sp³-hybridized carbons (Fsp3) is 0.133. The molecule has 1 N–H and O–H groups in total. The lowest BCUT2D eigenvalue weighted by molar-refractivity contribution is 0.102. The van der Waals surface area contributed by atoms with Crippen LogP contribution in [0.4, 0.5) is 5.69 Å². The average Bonchev–Trinajstić information content (AvgIpc) is 3.12. The lowest BCUT2D eigenvalue weighted by atomic mass is 10.2. The van der Waals surface area contributed by atoms with Gasteiger partial charge in [-0.05, 0) is 36.9 Å². The first-order valence-electron chi connectivity index (χ1n) is 6.48. The molecule has 1 amide bonds. The number of thiazole rings is 1. The molecule has 7 heteroatoms. The third kappa shape index (κ3) is 3.04. The fourth-order valence-electron chi connectivity index (χ4n) is 2.02. The van der Waals surface area contributed by atoms with E-state index in [4.69, 9.17) is 11.6 Å². The first-order chi connectivity index (χ1) is 10.5. The van der Waals surface area contributed by atoms with Crippen molar-refractivity contribution in [2.75, 3.05) is 5.32 Å². The van der Waals surface area contributed by atoms with E-state index in [0.29, 0.717) is 16.5 Å². The molecule has 3 aromatic heterocycles. The Morgan fingerprint density at radius 2 is 2.09 bits per heavy atom. The number of halogens is 1. The molecule has 0 radical (unpaired) electrons. The van der Waals surface area contributed by atoms with Gasteiger partial charge in [0.25, 0.3) is 5.91 Å². The number of amides is 1. The minimum atomic E-state index is -0.284. The van der Waals surface area contributed by atoms with Crippen LogP contribution in [0.15, 0.2) is 28.3 Å². The van der Waals surface area contributed by atoms with E-state index in [1.165, 1.54) is 11.3 Å². The number of pyridine rings is 1. The summed E-state index contributed by atoms with van der Waals surface area (Å²) in [5.41, 5.74) is 3.62.